The van der Waals surface area contributed by atoms with Crippen LogP contribution in [0.4, 0.5) is 15.9 Å². The molecule has 1 fully saturated rings. The lowest BCUT2D eigenvalue weighted by Crippen LogP contribution is -2.20. The van der Waals surface area contributed by atoms with E-state index in [-0.39, 0.29) is 0 Å². The predicted molar refractivity (Wildman–Crippen MR) is 50.4 cm³/mol. The highest BCUT2D eigenvalue weighted by Crippen LogP contribution is 2.19. The highest BCUT2D eigenvalue weighted by Gasteiger charge is 2.22. The maximum atomic E-state index is 12.8. The summed E-state index contributed by atoms with van der Waals surface area (Å²) in [5.74, 6) is 0.814. The minimum Gasteiger partial charge on any atom is -0.397 e. The minimum absolute atomic E-state index is 0.455. The molecule has 4 heteroatoms. The summed E-state index contributed by atoms with van der Waals surface area (Å²) in [5.41, 5.74) is 6.14. The standard InChI is InChI=1S/C9H12FN3/c10-7-3-4-13(6-7)9-2-1-8(11)5-12-9/h1-2,5,7H,3-4,6,11H2/t7-/m1/s1. The summed E-state index contributed by atoms with van der Waals surface area (Å²) >= 11 is 0. The van der Waals surface area contributed by atoms with Gasteiger partial charge in [-0.15, -0.1) is 0 Å². The van der Waals surface area contributed by atoms with Crippen LogP contribution in [0.2, 0.25) is 0 Å². The molecule has 0 saturated carbocycles. The number of nitrogens with zero attached hydrogens (tertiary/aromatic N) is 2. The molecule has 1 aliphatic heterocycles. The van der Waals surface area contributed by atoms with Gasteiger partial charge in [-0.05, 0) is 18.6 Å². The molecule has 70 valence electrons. The predicted octanol–water partition coefficient (Wildman–Crippen LogP) is 1.21. The van der Waals surface area contributed by atoms with Crippen molar-refractivity contribution in [1.29, 1.82) is 0 Å². The fraction of sp³-hybridized carbons (Fsp3) is 0.444. The SMILES string of the molecule is Nc1ccc(N2CC[C@@H](F)C2)nc1. The van der Waals surface area contributed by atoms with Crippen LogP contribution in [0.3, 0.4) is 0 Å². The summed E-state index contributed by atoms with van der Waals surface area (Å²) < 4.78 is 12.8. The van der Waals surface area contributed by atoms with Crippen LogP contribution in [0.1, 0.15) is 6.42 Å². The number of pyridine rings is 1. The summed E-state index contributed by atoms with van der Waals surface area (Å²) in [5, 5.41) is 0. The molecule has 1 aliphatic rings. The number of anilines is 2. The van der Waals surface area contributed by atoms with Crippen LogP contribution in [-0.2, 0) is 0 Å². The topological polar surface area (TPSA) is 42.1 Å². The van der Waals surface area contributed by atoms with E-state index in [0.29, 0.717) is 18.7 Å². The van der Waals surface area contributed by atoms with Crippen molar-refractivity contribution < 1.29 is 4.39 Å². The first-order valence-corrected chi connectivity index (χ1v) is 4.36. The number of hydrogen-bond acceptors (Lipinski definition) is 3. The summed E-state index contributed by atoms with van der Waals surface area (Å²) in [7, 11) is 0. The Morgan fingerprint density at radius 3 is 2.92 bits per heavy atom. The van der Waals surface area contributed by atoms with E-state index in [9.17, 15) is 4.39 Å². The monoisotopic (exact) mass is 181 g/mol. The van der Waals surface area contributed by atoms with Gasteiger partial charge >= 0.3 is 0 Å². The second kappa shape index (κ2) is 3.20. The largest absolute Gasteiger partial charge is 0.397 e. The molecule has 0 radical (unpaired) electrons. The molecule has 2 N–H and O–H groups in total. The number of nitrogen functional groups attached to an aromatic ring is 1. The van der Waals surface area contributed by atoms with Crippen molar-refractivity contribution in [2.75, 3.05) is 23.7 Å². The van der Waals surface area contributed by atoms with Crippen LogP contribution in [0.25, 0.3) is 0 Å². The molecule has 0 unspecified atom stereocenters. The van der Waals surface area contributed by atoms with Crippen molar-refractivity contribution in [3.05, 3.63) is 18.3 Å². The maximum Gasteiger partial charge on any atom is 0.128 e. The molecule has 3 nitrogen and oxygen atoms in total. The summed E-state index contributed by atoms with van der Waals surface area (Å²) in [6.07, 6.45) is 1.49. The molecule has 1 saturated heterocycles. The summed E-state index contributed by atoms with van der Waals surface area (Å²) in [4.78, 5) is 6.06. The summed E-state index contributed by atoms with van der Waals surface area (Å²) in [6.45, 7) is 1.20. The highest BCUT2D eigenvalue weighted by molar-refractivity contribution is 5.46. The molecule has 1 aromatic heterocycles. The molecule has 13 heavy (non-hydrogen) atoms. The average Bonchev–Trinajstić information content (AvgIpc) is 2.53. The Kier molecular flexibility index (Phi) is 2.04. The van der Waals surface area contributed by atoms with Gasteiger partial charge < -0.3 is 10.6 Å². The lowest BCUT2D eigenvalue weighted by molar-refractivity contribution is 0.364. The van der Waals surface area contributed by atoms with Crippen LogP contribution in [-0.4, -0.2) is 24.2 Å². The van der Waals surface area contributed by atoms with Gasteiger partial charge in [0.1, 0.15) is 12.0 Å². The molecule has 2 heterocycles. The van der Waals surface area contributed by atoms with Gasteiger partial charge in [0, 0.05) is 6.54 Å². The third kappa shape index (κ3) is 1.71. The van der Waals surface area contributed by atoms with Crippen molar-refractivity contribution in [3.63, 3.8) is 0 Å². The molecule has 1 aromatic rings. The molecule has 0 aliphatic carbocycles. The third-order valence-corrected chi connectivity index (χ3v) is 2.23. The van der Waals surface area contributed by atoms with Crippen molar-refractivity contribution >= 4 is 11.5 Å². The van der Waals surface area contributed by atoms with Crippen molar-refractivity contribution in [2.45, 2.75) is 12.6 Å². The molecule has 1 atom stereocenters. The second-order valence-corrected chi connectivity index (χ2v) is 3.28. The molecule has 0 amide bonds. The Labute approximate surface area is 76.4 Å². The molecule has 2 rings (SSSR count). The Balaban J connectivity index is 2.13. The Morgan fingerprint density at radius 2 is 2.38 bits per heavy atom. The van der Waals surface area contributed by atoms with E-state index in [1.54, 1.807) is 12.3 Å². The lowest BCUT2D eigenvalue weighted by Gasteiger charge is -2.15. The molecule has 0 spiro atoms. The first kappa shape index (κ1) is 8.29. The first-order valence-electron chi connectivity index (χ1n) is 4.36. The maximum absolute atomic E-state index is 12.8. The average molecular weight is 181 g/mol. The van der Waals surface area contributed by atoms with Crippen LogP contribution in [0.5, 0.6) is 0 Å². The van der Waals surface area contributed by atoms with Crippen molar-refractivity contribution in [2.24, 2.45) is 0 Å². The van der Waals surface area contributed by atoms with Gasteiger partial charge in [-0.25, -0.2) is 9.37 Å². The van der Waals surface area contributed by atoms with E-state index < -0.39 is 6.17 Å². The minimum atomic E-state index is -0.709. The normalized spacial score (nSPS) is 22.2. The number of hydrogen-bond donors (Lipinski definition) is 1. The van der Waals surface area contributed by atoms with Crippen molar-refractivity contribution in [3.8, 4) is 0 Å². The lowest BCUT2D eigenvalue weighted by atomic mass is 10.3. The number of aromatic nitrogens is 1. The van der Waals surface area contributed by atoms with Crippen LogP contribution < -0.4 is 10.6 Å². The van der Waals surface area contributed by atoms with Crippen LogP contribution >= 0.6 is 0 Å². The van der Waals surface area contributed by atoms with E-state index in [1.807, 2.05) is 11.0 Å². The quantitative estimate of drug-likeness (QED) is 0.708. The van der Waals surface area contributed by atoms with Gasteiger partial charge in [0.2, 0.25) is 0 Å². The zero-order valence-corrected chi connectivity index (χ0v) is 7.28. The number of nitrogens with two attached hydrogens (primary N) is 1. The fourth-order valence-corrected chi connectivity index (χ4v) is 1.51. The van der Waals surface area contributed by atoms with Gasteiger partial charge in [-0.3, -0.25) is 0 Å². The van der Waals surface area contributed by atoms with Crippen LogP contribution in [0, 0.1) is 0 Å². The molecular formula is C9H12FN3. The van der Waals surface area contributed by atoms with Gasteiger partial charge in [0.25, 0.3) is 0 Å². The van der Waals surface area contributed by atoms with E-state index in [0.717, 1.165) is 12.4 Å². The Morgan fingerprint density at radius 1 is 1.54 bits per heavy atom. The molecular weight excluding hydrogens is 169 g/mol. The number of halogens is 1. The smallest absolute Gasteiger partial charge is 0.128 e. The zero-order valence-electron chi connectivity index (χ0n) is 7.28. The van der Waals surface area contributed by atoms with Gasteiger partial charge in [0.15, 0.2) is 0 Å². The highest BCUT2D eigenvalue weighted by atomic mass is 19.1. The molecule has 0 bridgehead atoms. The van der Waals surface area contributed by atoms with Gasteiger partial charge in [-0.2, -0.15) is 0 Å². The first-order chi connectivity index (χ1) is 6.25. The summed E-state index contributed by atoms with van der Waals surface area (Å²) in [6, 6.07) is 3.61. The van der Waals surface area contributed by atoms with Crippen molar-refractivity contribution in [1.82, 2.24) is 4.98 Å². The Hall–Kier alpha value is -1.32. The third-order valence-electron chi connectivity index (χ3n) is 2.23. The number of rotatable bonds is 1. The zero-order chi connectivity index (χ0) is 9.26. The van der Waals surface area contributed by atoms with E-state index in [1.165, 1.54) is 0 Å². The van der Waals surface area contributed by atoms with Gasteiger partial charge in [0.05, 0.1) is 18.4 Å². The van der Waals surface area contributed by atoms with E-state index in [2.05, 4.69) is 4.98 Å². The fourth-order valence-electron chi connectivity index (χ4n) is 1.51. The van der Waals surface area contributed by atoms with Crippen LogP contribution in [0.15, 0.2) is 18.3 Å². The molecule has 0 aromatic carbocycles. The number of alkyl halides is 1. The van der Waals surface area contributed by atoms with E-state index >= 15 is 0 Å². The Bertz CT molecular complexity index is 285. The second-order valence-electron chi connectivity index (χ2n) is 3.28. The van der Waals surface area contributed by atoms with Gasteiger partial charge in [-0.1, -0.05) is 0 Å². The van der Waals surface area contributed by atoms with E-state index in [4.69, 9.17) is 5.73 Å².